The zero-order valence-corrected chi connectivity index (χ0v) is 12.2. The van der Waals surface area contributed by atoms with E-state index in [2.05, 4.69) is 27.3 Å². The van der Waals surface area contributed by atoms with E-state index in [9.17, 15) is 0 Å². The molecule has 20 heavy (non-hydrogen) atoms. The standard InChI is InChI=1S/C16H18ClN3/c17-13-3-1-2-12-14(4-7-19-15(12)13)20-9-6-16(11-20)5-8-18-10-16/h1-4,7,18H,5-6,8-11H2. The minimum Gasteiger partial charge on any atom is -0.370 e. The van der Waals surface area contributed by atoms with Gasteiger partial charge in [-0.15, -0.1) is 0 Å². The summed E-state index contributed by atoms with van der Waals surface area (Å²) >= 11 is 6.27. The molecule has 0 bridgehead atoms. The van der Waals surface area contributed by atoms with Crippen molar-refractivity contribution in [1.82, 2.24) is 10.3 Å². The van der Waals surface area contributed by atoms with Crippen LogP contribution in [0.25, 0.3) is 10.9 Å². The molecular weight excluding hydrogens is 270 g/mol. The first kappa shape index (κ1) is 12.4. The lowest BCUT2D eigenvalue weighted by molar-refractivity contribution is 0.369. The van der Waals surface area contributed by atoms with Gasteiger partial charge in [-0.2, -0.15) is 0 Å². The summed E-state index contributed by atoms with van der Waals surface area (Å²) in [7, 11) is 0. The van der Waals surface area contributed by atoms with E-state index in [0.29, 0.717) is 5.41 Å². The number of halogens is 1. The Labute approximate surface area is 123 Å². The van der Waals surface area contributed by atoms with E-state index in [1.54, 1.807) is 0 Å². The molecule has 2 saturated heterocycles. The third-order valence-corrected chi connectivity index (χ3v) is 5.11. The predicted octanol–water partition coefficient (Wildman–Crippen LogP) is 3.08. The Morgan fingerprint density at radius 1 is 1.25 bits per heavy atom. The van der Waals surface area contributed by atoms with Crippen LogP contribution in [0.15, 0.2) is 30.5 Å². The van der Waals surface area contributed by atoms with E-state index in [1.165, 1.54) is 23.9 Å². The molecule has 0 saturated carbocycles. The molecule has 1 spiro atoms. The van der Waals surface area contributed by atoms with Gasteiger partial charge >= 0.3 is 0 Å². The van der Waals surface area contributed by atoms with Gasteiger partial charge in [-0.25, -0.2) is 0 Å². The number of anilines is 1. The molecule has 1 N–H and O–H groups in total. The van der Waals surface area contributed by atoms with E-state index < -0.39 is 0 Å². The number of hydrogen-bond acceptors (Lipinski definition) is 3. The average molecular weight is 288 g/mol. The molecule has 2 aliphatic heterocycles. The van der Waals surface area contributed by atoms with Gasteiger partial charge in [0.15, 0.2) is 0 Å². The summed E-state index contributed by atoms with van der Waals surface area (Å²) in [5, 5.41) is 5.42. The number of para-hydroxylation sites is 1. The van der Waals surface area contributed by atoms with Crippen LogP contribution < -0.4 is 10.2 Å². The molecule has 2 aromatic rings. The van der Waals surface area contributed by atoms with Crippen molar-refractivity contribution < 1.29 is 0 Å². The lowest BCUT2D eigenvalue weighted by atomic mass is 9.86. The van der Waals surface area contributed by atoms with E-state index in [0.717, 1.165) is 36.7 Å². The Kier molecular flexibility index (Phi) is 2.86. The van der Waals surface area contributed by atoms with Gasteiger partial charge in [0.2, 0.25) is 0 Å². The Hall–Kier alpha value is -1.32. The summed E-state index contributed by atoms with van der Waals surface area (Å²) in [5.74, 6) is 0. The smallest absolute Gasteiger partial charge is 0.0908 e. The van der Waals surface area contributed by atoms with E-state index in [-0.39, 0.29) is 0 Å². The van der Waals surface area contributed by atoms with Gasteiger partial charge < -0.3 is 10.2 Å². The lowest BCUT2D eigenvalue weighted by Gasteiger charge is -2.25. The molecule has 1 atom stereocenters. The Bertz CT molecular complexity index is 649. The molecule has 1 unspecified atom stereocenters. The molecule has 1 aromatic heterocycles. The molecule has 0 amide bonds. The molecule has 2 fully saturated rings. The van der Waals surface area contributed by atoms with Gasteiger partial charge in [-0.05, 0) is 31.5 Å². The molecule has 1 aromatic carbocycles. The summed E-state index contributed by atoms with van der Waals surface area (Å²) in [6, 6.07) is 8.17. The zero-order chi connectivity index (χ0) is 13.6. The van der Waals surface area contributed by atoms with Crippen molar-refractivity contribution in [2.75, 3.05) is 31.1 Å². The number of fused-ring (bicyclic) bond motifs is 1. The second-order valence-electron chi connectivity index (χ2n) is 6.06. The van der Waals surface area contributed by atoms with E-state index in [4.69, 9.17) is 11.6 Å². The fourth-order valence-electron chi connectivity index (χ4n) is 3.69. The molecular formula is C16H18ClN3. The van der Waals surface area contributed by atoms with Crippen molar-refractivity contribution in [2.24, 2.45) is 5.41 Å². The molecule has 2 aliphatic rings. The third kappa shape index (κ3) is 1.88. The SMILES string of the molecule is Clc1cccc2c(N3CCC4(CCNC4)C3)ccnc12. The van der Waals surface area contributed by atoms with Gasteiger partial charge in [0.05, 0.1) is 10.5 Å². The lowest BCUT2D eigenvalue weighted by Crippen LogP contribution is -2.29. The second-order valence-corrected chi connectivity index (χ2v) is 6.47. The topological polar surface area (TPSA) is 28.2 Å². The van der Waals surface area contributed by atoms with Crippen LogP contribution in [0.3, 0.4) is 0 Å². The largest absolute Gasteiger partial charge is 0.370 e. The zero-order valence-electron chi connectivity index (χ0n) is 11.4. The number of pyridine rings is 1. The second kappa shape index (κ2) is 4.61. The van der Waals surface area contributed by atoms with Crippen LogP contribution in [0, 0.1) is 5.41 Å². The first-order chi connectivity index (χ1) is 9.77. The Morgan fingerprint density at radius 2 is 2.20 bits per heavy atom. The summed E-state index contributed by atoms with van der Waals surface area (Å²) in [4.78, 5) is 6.94. The van der Waals surface area contributed by atoms with Crippen LogP contribution in [-0.2, 0) is 0 Å². The summed E-state index contributed by atoms with van der Waals surface area (Å²) in [5.41, 5.74) is 2.67. The van der Waals surface area contributed by atoms with Crippen LogP contribution in [0.1, 0.15) is 12.8 Å². The van der Waals surface area contributed by atoms with Crippen molar-refractivity contribution in [2.45, 2.75) is 12.8 Å². The molecule has 0 aliphatic carbocycles. The molecule has 4 rings (SSSR count). The summed E-state index contributed by atoms with van der Waals surface area (Å²) < 4.78 is 0. The number of nitrogens with zero attached hydrogens (tertiary/aromatic N) is 2. The van der Waals surface area contributed by atoms with Gasteiger partial charge in [-0.3, -0.25) is 4.98 Å². The van der Waals surface area contributed by atoms with Crippen LogP contribution in [0.4, 0.5) is 5.69 Å². The molecule has 4 heteroatoms. The number of aromatic nitrogens is 1. The molecule has 3 heterocycles. The van der Waals surface area contributed by atoms with Crippen LogP contribution in [0.2, 0.25) is 5.02 Å². The number of nitrogens with one attached hydrogen (secondary N) is 1. The van der Waals surface area contributed by atoms with Gasteiger partial charge in [0.25, 0.3) is 0 Å². The van der Waals surface area contributed by atoms with Gasteiger partial charge in [-0.1, -0.05) is 23.7 Å². The van der Waals surface area contributed by atoms with E-state index >= 15 is 0 Å². The number of rotatable bonds is 1. The fraction of sp³-hybridized carbons (Fsp3) is 0.438. The molecule has 0 radical (unpaired) electrons. The van der Waals surface area contributed by atoms with Crippen molar-refractivity contribution in [3.8, 4) is 0 Å². The number of benzene rings is 1. The maximum atomic E-state index is 6.27. The maximum Gasteiger partial charge on any atom is 0.0908 e. The van der Waals surface area contributed by atoms with Crippen molar-refractivity contribution >= 4 is 28.2 Å². The highest BCUT2D eigenvalue weighted by molar-refractivity contribution is 6.35. The minimum atomic E-state index is 0.480. The number of hydrogen-bond donors (Lipinski definition) is 1. The third-order valence-electron chi connectivity index (χ3n) is 4.81. The highest BCUT2D eigenvalue weighted by atomic mass is 35.5. The quantitative estimate of drug-likeness (QED) is 0.874. The van der Waals surface area contributed by atoms with E-state index in [1.807, 2.05) is 18.3 Å². The van der Waals surface area contributed by atoms with Crippen molar-refractivity contribution in [3.05, 3.63) is 35.5 Å². The monoisotopic (exact) mass is 287 g/mol. The minimum absolute atomic E-state index is 0.480. The highest BCUT2D eigenvalue weighted by Crippen LogP contribution is 2.40. The first-order valence-corrected chi connectivity index (χ1v) is 7.64. The normalized spacial score (nSPS) is 25.9. The summed E-state index contributed by atoms with van der Waals surface area (Å²) in [6.07, 6.45) is 4.46. The van der Waals surface area contributed by atoms with Crippen molar-refractivity contribution in [3.63, 3.8) is 0 Å². The highest BCUT2D eigenvalue weighted by Gasteiger charge is 2.40. The Morgan fingerprint density at radius 3 is 3.05 bits per heavy atom. The van der Waals surface area contributed by atoms with Crippen LogP contribution in [-0.4, -0.2) is 31.2 Å². The van der Waals surface area contributed by atoms with Crippen LogP contribution >= 0.6 is 11.6 Å². The fourth-order valence-corrected chi connectivity index (χ4v) is 3.91. The Balaban J connectivity index is 1.74. The molecule has 104 valence electrons. The molecule has 3 nitrogen and oxygen atoms in total. The first-order valence-electron chi connectivity index (χ1n) is 7.26. The van der Waals surface area contributed by atoms with Crippen LogP contribution in [0.5, 0.6) is 0 Å². The summed E-state index contributed by atoms with van der Waals surface area (Å²) in [6.45, 7) is 4.60. The van der Waals surface area contributed by atoms with Gasteiger partial charge in [0, 0.05) is 42.3 Å². The maximum absolute atomic E-state index is 6.27. The van der Waals surface area contributed by atoms with Crippen molar-refractivity contribution in [1.29, 1.82) is 0 Å². The van der Waals surface area contributed by atoms with Gasteiger partial charge in [0.1, 0.15) is 0 Å². The average Bonchev–Trinajstić information content (AvgIpc) is 3.10. The predicted molar refractivity (Wildman–Crippen MR) is 83.5 cm³/mol.